The maximum atomic E-state index is 13.5. The maximum absolute atomic E-state index is 13.5. The third kappa shape index (κ3) is 4.44. The molecule has 8 nitrogen and oxygen atoms in total. The van der Waals surface area contributed by atoms with Crippen LogP contribution in [0.4, 0.5) is 5.69 Å². The van der Waals surface area contributed by atoms with Gasteiger partial charge in [-0.05, 0) is 50.5 Å². The molecule has 2 aromatic heterocycles. The standard InChI is InChI=1S/C26H26N4O4S/c1-17-11-12-20(35(32,33)30-13-7-4-8-14-30)15-22(17)27-25(31)21-16-23(19-9-5-3-6-10-19)28-26-24(21)18(2)29-34-26/h3,5-6,9-12,15-16H,4,7-8,13-14H2,1-2H3,(H,27,31). The van der Waals surface area contributed by atoms with Crippen molar-refractivity contribution in [3.8, 4) is 11.3 Å². The second-order valence-electron chi connectivity index (χ2n) is 8.76. The van der Waals surface area contributed by atoms with Crippen LogP contribution in [-0.2, 0) is 10.0 Å². The lowest BCUT2D eigenvalue weighted by molar-refractivity contribution is 0.102. The van der Waals surface area contributed by atoms with Crippen LogP contribution in [0.2, 0.25) is 0 Å². The lowest BCUT2D eigenvalue weighted by Crippen LogP contribution is -2.35. The van der Waals surface area contributed by atoms with Gasteiger partial charge < -0.3 is 9.84 Å². The summed E-state index contributed by atoms with van der Waals surface area (Å²) in [6.45, 7) is 4.61. The summed E-state index contributed by atoms with van der Waals surface area (Å²) < 4.78 is 33.3. The molecule has 0 radical (unpaired) electrons. The van der Waals surface area contributed by atoms with Gasteiger partial charge in [0.15, 0.2) is 0 Å². The number of piperidine rings is 1. The number of hydrogen-bond acceptors (Lipinski definition) is 6. The third-order valence-electron chi connectivity index (χ3n) is 6.34. The number of benzene rings is 2. The van der Waals surface area contributed by atoms with Crippen LogP contribution >= 0.6 is 0 Å². The number of aromatic nitrogens is 2. The Morgan fingerprint density at radius 3 is 2.49 bits per heavy atom. The number of pyridine rings is 1. The summed E-state index contributed by atoms with van der Waals surface area (Å²) in [7, 11) is -3.63. The highest BCUT2D eigenvalue weighted by Crippen LogP contribution is 2.29. The highest BCUT2D eigenvalue weighted by molar-refractivity contribution is 7.89. The van der Waals surface area contributed by atoms with E-state index in [-0.39, 0.29) is 10.6 Å². The SMILES string of the molecule is Cc1ccc(S(=O)(=O)N2CCCCC2)cc1NC(=O)c1cc(-c2ccccc2)nc2onc(C)c12. The van der Waals surface area contributed by atoms with Gasteiger partial charge in [-0.2, -0.15) is 4.31 Å². The topological polar surface area (TPSA) is 105 Å². The first kappa shape index (κ1) is 23.2. The highest BCUT2D eigenvalue weighted by Gasteiger charge is 2.27. The van der Waals surface area contributed by atoms with Crippen LogP contribution in [0.1, 0.15) is 40.9 Å². The molecule has 1 fully saturated rings. The van der Waals surface area contributed by atoms with Gasteiger partial charge in [-0.15, -0.1) is 0 Å². The highest BCUT2D eigenvalue weighted by atomic mass is 32.2. The summed E-state index contributed by atoms with van der Waals surface area (Å²) in [5.74, 6) is -0.392. The van der Waals surface area contributed by atoms with Crippen molar-refractivity contribution >= 4 is 32.7 Å². The minimum absolute atomic E-state index is 0.173. The van der Waals surface area contributed by atoms with Crippen LogP contribution in [-0.4, -0.2) is 41.9 Å². The molecule has 0 saturated carbocycles. The summed E-state index contributed by atoms with van der Waals surface area (Å²) >= 11 is 0. The molecule has 1 N–H and O–H groups in total. The Bertz CT molecular complexity index is 1510. The van der Waals surface area contributed by atoms with E-state index in [0.717, 1.165) is 30.4 Å². The van der Waals surface area contributed by atoms with Crippen LogP contribution in [0.15, 0.2) is 64.0 Å². The van der Waals surface area contributed by atoms with Crippen molar-refractivity contribution in [1.82, 2.24) is 14.4 Å². The molecular formula is C26H26N4O4S. The average molecular weight is 491 g/mol. The monoisotopic (exact) mass is 490 g/mol. The van der Waals surface area contributed by atoms with E-state index in [1.807, 2.05) is 37.3 Å². The minimum Gasteiger partial charge on any atom is -0.335 e. The van der Waals surface area contributed by atoms with Crippen LogP contribution in [0, 0.1) is 13.8 Å². The van der Waals surface area contributed by atoms with E-state index in [0.29, 0.717) is 41.1 Å². The zero-order valence-corrected chi connectivity index (χ0v) is 20.4. The quantitative estimate of drug-likeness (QED) is 0.425. The fourth-order valence-electron chi connectivity index (χ4n) is 4.37. The summed E-state index contributed by atoms with van der Waals surface area (Å²) in [6, 6.07) is 16.0. The van der Waals surface area contributed by atoms with Gasteiger partial charge in [-0.1, -0.05) is 48.0 Å². The molecule has 0 unspecified atom stereocenters. The summed E-state index contributed by atoms with van der Waals surface area (Å²) in [5.41, 5.74) is 3.79. The van der Waals surface area contributed by atoms with Crippen molar-refractivity contribution in [2.75, 3.05) is 18.4 Å². The summed E-state index contributed by atoms with van der Waals surface area (Å²) in [5, 5.41) is 7.43. The molecule has 1 amide bonds. The Morgan fingerprint density at radius 2 is 1.74 bits per heavy atom. The number of sulfonamides is 1. The van der Waals surface area contributed by atoms with Crippen molar-refractivity contribution in [3.63, 3.8) is 0 Å². The number of fused-ring (bicyclic) bond motifs is 1. The fourth-order valence-corrected chi connectivity index (χ4v) is 5.91. The van der Waals surface area contributed by atoms with E-state index in [4.69, 9.17) is 4.52 Å². The van der Waals surface area contributed by atoms with Crippen LogP contribution in [0.5, 0.6) is 0 Å². The van der Waals surface area contributed by atoms with Crippen LogP contribution in [0.3, 0.4) is 0 Å². The van der Waals surface area contributed by atoms with Crippen molar-refractivity contribution in [1.29, 1.82) is 0 Å². The molecule has 0 bridgehead atoms. The molecule has 9 heteroatoms. The van der Waals surface area contributed by atoms with Gasteiger partial charge in [0.2, 0.25) is 10.0 Å². The van der Waals surface area contributed by atoms with Gasteiger partial charge in [0, 0.05) is 24.3 Å². The molecule has 180 valence electrons. The Morgan fingerprint density at radius 1 is 1.00 bits per heavy atom. The summed E-state index contributed by atoms with van der Waals surface area (Å²) in [6.07, 6.45) is 2.75. The first-order chi connectivity index (χ1) is 16.8. The number of nitrogens with zero attached hydrogens (tertiary/aromatic N) is 3. The van der Waals surface area contributed by atoms with Crippen molar-refractivity contribution in [3.05, 3.63) is 71.4 Å². The number of amides is 1. The van der Waals surface area contributed by atoms with E-state index in [1.165, 1.54) is 10.4 Å². The first-order valence-corrected chi connectivity index (χ1v) is 13.0. The van der Waals surface area contributed by atoms with E-state index < -0.39 is 15.9 Å². The molecule has 2 aromatic carbocycles. The van der Waals surface area contributed by atoms with Gasteiger partial charge >= 0.3 is 0 Å². The molecule has 0 atom stereocenters. The predicted molar refractivity (Wildman–Crippen MR) is 134 cm³/mol. The molecule has 1 aliphatic heterocycles. The Balaban J connectivity index is 1.52. The van der Waals surface area contributed by atoms with Gasteiger partial charge in [-0.25, -0.2) is 13.4 Å². The van der Waals surface area contributed by atoms with E-state index in [1.54, 1.807) is 25.1 Å². The average Bonchev–Trinajstić information content (AvgIpc) is 3.26. The molecule has 1 saturated heterocycles. The minimum atomic E-state index is -3.63. The largest absolute Gasteiger partial charge is 0.335 e. The lowest BCUT2D eigenvalue weighted by atomic mass is 10.0. The lowest BCUT2D eigenvalue weighted by Gasteiger charge is -2.26. The van der Waals surface area contributed by atoms with E-state index >= 15 is 0 Å². The van der Waals surface area contributed by atoms with Gasteiger partial charge in [-0.3, -0.25) is 4.79 Å². The number of nitrogens with one attached hydrogen (secondary N) is 1. The van der Waals surface area contributed by atoms with Crippen molar-refractivity contribution in [2.45, 2.75) is 38.0 Å². The zero-order valence-electron chi connectivity index (χ0n) is 19.6. The zero-order chi connectivity index (χ0) is 24.6. The van der Waals surface area contributed by atoms with Gasteiger partial charge in [0.25, 0.3) is 11.6 Å². The Hall–Kier alpha value is -3.56. The first-order valence-electron chi connectivity index (χ1n) is 11.6. The Labute approximate surface area is 204 Å². The Kier molecular flexibility index (Phi) is 6.12. The number of rotatable bonds is 5. The second kappa shape index (κ2) is 9.24. The number of hydrogen-bond donors (Lipinski definition) is 1. The van der Waals surface area contributed by atoms with Crippen molar-refractivity contribution in [2.24, 2.45) is 0 Å². The van der Waals surface area contributed by atoms with E-state index in [9.17, 15) is 13.2 Å². The van der Waals surface area contributed by atoms with E-state index in [2.05, 4.69) is 15.5 Å². The van der Waals surface area contributed by atoms with Crippen molar-refractivity contribution < 1.29 is 17.7 Å². The molecular weight excluding hydrogens is 464 g/mol. The normalized spacial score (nSPS) is 14.8. The maximum Gasteiger partial charge on any atom is 0.259 e. The predicted octanol–water partition coefficient (Wildman–Crippen LogP) is 4.93. The molecule has 35 heavy (non-hydrogen) atoms. The number of anilines is 1. The molecule has 0 aliphatic carbocycles. The fraction of sp³-hybridized carbons (Fsp3) is 0.269. The second-order valence-corrected chi connectivity index (χ2v) is 10.7. The number of aryl methyl sites for hydroxylation is 2. The molecule has 1 aliphatic rings. The summed E-state index contributed by atoms with van der Waals surface area (Å²) in [4.78, 5) is 18.2. The smallest absolute Gasteiger partial charge is 0.259 e. The molecule has 4 aromatic rings. The number of carbonyl (C=O) groups is 1. The van der Waals surface area contributed by atoms with Crippen LogP contribution in [0.25, 0.3) is 22.4 Å². The molecule has 3 heterocycles. The van der Waals surface area contributed by atoms with Crippen LogP contribution < -0.4 is 5.32 Å². The molecule has 5 rings (SSSR count). The third-order valence-corrected chi connectivity index (χ3v) is 8.24. The molecule has 0 spiro atoms. The van der Waals surface area contributed by atoms with Gasteiger partial charge in [0.1, 0.15) is 0 Å². The number of carbonyl (C=O) groups excluding carboxylic acids is 1. The van der Waals surface area contributed by atoms with Gasteiger partial charge in [0.05, 0.1) is 27.2 Å².